The monoisotopic (exact) mass is 560 g/mol. The number of hydrogen-bond donors (Lipinski definition) is 3. The molecule has 0 spiro atoms. The normalized spacial score (nSPS) is 11.1. The fourth-order valence-corrected chi connectivity index (χ4v) is 4.30. The van der Waals surface area contributed by atoms with Gasteiger partial charge in [0.05, 0.1) is 47.0 Å². The van der Waals surface area contributed by atoms with Crippen LogP contribution in [-0.4, -0.2) is 33.8 Å². The minimum atomic E-state index is -0.692. The maximum atomic E-state index is 15.7. The van der Waals surface area contributed by atoms with Crippen molar-refractivity contribution in [2.45, 2.75) is 19.9 Å². The van der Waals surface area contributed by atoms with E-state index < -0.39 is 11.7 Å². The Balaban J connectivity index is 1.72. The molecule has 0 radical (unpaired) electrons. The fourth-order valence-electron chi connectivity index (χ4n) is 3.58. The molecule has 0 aliphatic rings. The number of nitrogens with one attached hydrogen (secondary N) is 2. The highest BCUT2D eigenvalue weighted by Crippen LogP contribution is 2.34. The smallest absolute Gasteiger partial charge is 0.277 e. The van der Waals surface area contributed by atoms with Crippen LogP contribution >= 0.6 is 27.5 Å². The summed E-state index contributed by atoms with van der Waals surface area (Å²) in [5, 5.41) is 12.2. The molecular formula is C25H23BrClFN4O3. The number of halogens is 3. The number of amides is 1. The molecule has 0 fully saturated rings. The molecule has 0 aliphatic heterocycles. The maximum Gasteiger partial charge on any atom is 0.277 e. The van der Waals surface area contributed by atoms with E-state index in [1.807, 2.05) is 19.1 Å². The number of aromatic nitrogens is 2. The van der Waals surface area contributed by atoms with E-state index in [-0.39, 0.29) is 30.0 Å². The quantitative estimate of drug-likeness (QED) is 0.184. The van der Waals surface area contributed by atoms with E-state index in [2.05, 4.69) is 43.8 Å². The number of anilines is 2. The van der Waals surface area contributed by atoms with Crippen LogP contribution in [0.25, 0.3) is 11.0 Å². The van der Waals surface area contributed by atoms with Crippen LogP contribution in [0.1, 0.15) is 21.5 Å². The molecule has 0 saturated carbocycles. The lowest BCUT2D eigenvalue weighted by Crippen LogP contribution is -2.26. The van der Waals surface area contributed by atoms with Crippen molar-refractivity contribution in [1.82, 2.24) is 15.0 Å². The number of rotatable bonds is 9. The van der Waals surface area contributed by atoms with Gasteiger partial charge in [-0.05, 0) is 43.2 Å². The fraction of sp³-hybridized carbons (Fsp3) is 0.200. The van der Waals surface area contributed by atoms with Crippen LogP contribution in [0.2, 0.25) is 5.02 Å². The Morgan fingerprint density at radius 3 is 2.71 bits per heavy atom. The number of carbonyl (C=O) groups is 1. The molecule has 182 valence electrons. The number of hydroxylamine groups is 1. The van der Waals surface area contributed by atoms with Crippen molar-refractivity contribution in [2.75, 3.05) is 18.5 Å². The maximum absolute atomic E-state index is 15.7. The molecule has 3 aromatic carbocycles. The van der Waals surface area contributed by atoms with E-state index in [0.717, 1.165) is 10.0 Å². The molecule has 7 nitrogen and oxygen atoms in total. The molecule has 0 aliphatic carbocycles. The highest BCUT2D eigenvalue weighted by molar-refractivity contribution is 9.10. The first-order chi connectivity index (χ1) is 16.9. The van der Waals surface area contributed by atoms with Gasteiger partial charge in [0.2, 0.25) is 0 Å². The summed E-state index contributed by atoms with van der Waals surface area (Å²) in [6, 6.07) is 14.8. The van der Waals surface area contributed by atoms with Gasteiger partial charge in [-0.25, -0.2) is 14.9 Å². The van der Waals surface area contributed by atoms with Crippen LogP contribution in [0, 0.1) is 12.7 Å². The summed E-state index contributed by atoms with van der Waals surface area (Å²) in [6.45, 7) is 2.19. The van der Waals surface area contributed by atoms with Gasteiger partial charge in [0, 0.05) is 11.0 Å². The SMILES string of the molecule is Cc1ccc(CCn2cnc3c(F)c(Nc4ccc(Br)cc4Cl)c(C(=O)NOCCO)cc32)cc1. The molecule has 35 heavy (non-hydrogen) atoms. The van der Waals surface area contributed by atoms with Gasteiger partial charge in [-0.1, -0.05) is 57.4 Å². The molecule has 0 atom stereocenters. The second-order valence-corrected chi connectivity index (χ2v) is 9.23. The zero-order chi connectivity index (χ0) is 24.9. The molecule has 10 heteroatoms. The minimum Gasteiger partial charge on any atom is -0.394 e. The van der Waals surface area contributed by atoms with Gasteiger partial charge in [0.25, 0.3) is 5.91 Å². The highest BCUT2D eigenvalue weighted by atomic mass is 79.9. The first-order valence-electron chi connectivity index (χ1n) is 10.9. The summed E-state index contributed by atoms with van der Waals surface area (Å²) in [5.74, 6) is -1.37. The van der Waals surface area contributed by atoms with Crippen molar-refractivity contribution in [3.63, 3.8) is 0 Å². The minimum absolute atomic E-state index is 0.00371. The van der Waals surface area contributed by atoms with E-state index in [1.54, 1.807) is 35.2 Å². The second-order valence-electron chi connectivity index (χ2n) is 7.91. The van der Waals surface area contributed by atoms with Crippen LogP contribution < -0.4 is 10.8 Å². The van der Waals surface area contributed by atoms with Crippen molar-refractivity contribution in [3.05, 3.63) is 86.9 Å². The van der Waals surface area contributed by atoms with Crippen LogP contribution in [-0.2, 0) is 17.8 Å². The average Bonchev–Trinajstić information content (AvgIpc) is 3.25. The third-order valence-corrected chi connectivity index (χ3v) is 6.22. The zero-order valence-corrected chi connectivity index (χ0v) is 21.2. The van der Waals surface area contributed by atoms with Gasteiger partial charge in [-0.3, -0.25) is 9.63 Å². The Morgan fingerprint density at radius 2 is 2.00 bits per heavy atom. The third-order valence-electron chi connectivity index (χ3n) is 5.41. The summed E-state index contributed by atoms with van der Waals surface area (Å²) in [5.41, 5.74) is 5.47. The lowest BCUT2D eigenvalue weighted by molar-refractivity contribution is 0.0169. The Hall–Kier alpha value is -2.98. The van der Waals surface area contributed by atoms with Crippen molar-refractivity contribution in [1.29, 1.82) is 0 Å². The number of aryl methyl sites for hydroxylation is 3. The number of aliphatic hydroxyl groups is 1. The first kappa shape index (κ1) is 25.1. The lowest BCUT2D eigenvalue weighted by atomic mass is 10.1. The van der Waals surface area contributed by atoms with Gasteiger partial charge < -0.3 is 15.0 Å². The van der Waals surface area contributed by atoms with Crippen LogP contribution in [0.15, 0.2) is 59.3 Å². The van der Waals surface area contributed by atoms with Crippen LogP contribution in [0.3, 0.4) is 0 Å². The van der Waals surface area contributed by atoms with Crippen molar-refractivity contribution < 1.29 is 19.1 Å². The van der Waals surface area contributed by atoms with Crippen molar-refractivity contribution in [3.8, 4) is 0 Å². The second kappa shape index (κ2) is 11.2. The number of benzene rings is 3. The number of hydrogen-bond acceptors (Lipinski definition) is 5. The van der Waals surface area contributed by atoms with Crippen molar-refractivity contribution >= 4 is 55.8 Å². The van der Waals surface area contributed by atoms with E-state index in [4.69, 9.17) is 21.5 Å². The van der Waals surface area contributed by atoms with E-state index in [9.17, 15) is 4.79 Å². The first-order valence-corrected chi connectivity index (χ1v) is 12.0. The summed E-state index contributed by atoms with van der Waals surface area (Å²) in [4.78, 5) is 22.2. The summed E-state index contributed by atoms with van der Waals surface area (Å²) >= 11 is 9.65. The standard InChI is InChI=1S/C25H23BrClFN4O3/c1-15-2-4-16(5-3-15)8-9-32-14-29-24-21(32)13-18(25(34)31-35-11-10-33)23(22(24)28)30-20-7-6-17(26)12-19(20)27/h2-7,12-14,30,33H,8-11H2,1H3,(H,31,34). The Morgan fingerprint density at radius 1 is 1.23 bits per heavy atom. The summed E-state index contributed by atoms with van der Waals surface area (Å²) in [6.07, 6.45) is 2.27. The average molecular weight is 562 g/mol. The topological polar surface area (TPSA) is 88.4 Å². The Labute approximate surface area is 215 Å². The van der Waals surface area contributed by atoms with Gasteiger partial charge in [0.15, 0.2) is 5.82 Å². The van der Waals surface area contributed by atoms with Gasteiger partial charge >= 0.3 is 0 Å². The predicted molar refractivity (Wildman–Crippen MR) is 138 cm³/mol. The van der Waals surface area contributed by atoms with Gasteiger partial charge in [-0.2, -0.15) is 0 Å². The van der Waals surface area contributed by atoms with Gasteiger partial charge in [0.1, 0.15) is 5.52 Å². The molecular weight excluding hydrogens is 539 g/mol. The van der Waals surface area contributed by atoms with Crippen LogP contribution in [0.5, 0.6) is 0 Å². The largest absolute Gasteiger partial charge is 0.394 e. The Bertz CT molecular complexity index is 1360. The molecule has 4 rings (SSSR count). The molecule has 1 amide bonds. The molecule has 1 heterocycles. The predicted octanol–water partition coefficient (Wildman–Crippen LogP) is 5.54. The molecule has 0 unspecified atom stereocenters. The molecule has 4 aromatic rings. The summed E-state index contributed by atoms with van der Waals surface area (Å²) < 4.78 is 18.3. The summed E-state index contributed by atoms with van der Waals surface area (Å²) in [7, 11) is 0. The zero-order valence-electron chi connectivity index (χ0n) is 18.8. The third kappa shape index (κ3) is 5.82. The number of aliphatic hydroxyl groups excluding tert-OH is 1. The van der Waals surface area contributed by atoms with E-state index in [1.165, 1.54) is 5.56 Å². The van der Waals surface area contributed by atoms with E-state index >= 15 is 4.39 Å². The number of imidazole rings is 1. The molecule has 1 aromatic heterocycles. The molecule has 3 N–H and O–H groups in total. The van der Waals surface area contributed by atoms with Crippen molar-refractivity contribution in [2.24, 2.45) is 0 Å². The number of fused-ring (bicyclic) bond motifs is 1. The molecule has 0 saturated heterocycles. The lowest BCUT2D eigenvalue weighted by Gasteiger charge is -2.15. The number of nitrogens with zero attached hydrogens (tertiary/aromatic N) is 2. The van der Waals surface area contributed by atoms with Crippen LogP contribution in [0.4, 0.5) is 15.8 Å². The van der Waals surface area contributed by atoms with Gasteiger partial charge in [-0.15, -0.1) is 0 Å². The number of carbonyl (C=O) groups excluding carboxylic acids is 1. The van der Waals surface area contributed by atoms with E-state index in [0.29, 0.717) is 29.2 Å². The molecule has 0 bridgehead atoms. The Kier molecular flexibility index (Phi) is 8.02. The highest BCUT2D eigenvalue weighted by Gasteiger charge is 2.23.